The molecule has 0 aliphatic carbocycles. The monoisotopic (exact) mass is 140 g/mol. The normalized spacial score (nSPS) is 13.6. The second kappa shape index (κ2) is 1.76. The first kappa shape index (κ1) is 5.34. The Bertz CT molecular complexity index is 266. The number of pyridine rings is 1. The van der Waals surface area contributed by atoms with Crippen molar-refractivity contribution in [1.82, 2.24) is 4.98 Å². The predicted molar refractivity (Wildman–Crippen MR) is 45.0 cm³/mol. The first-order valence-corrected chi connectivity index (χ1v) is 3.09. The van der Waals surface area contributed by atoms with Gasteiger partial charge in [-0.25, -0.2) is 4.98 Å². The van der Waals surface area contributed by atoms with Crippen LogP contribution in [0.2, 0.25) is 0 Å². The molecule has 0 bridgehead atoms. The van der Waals surface area contributed by atoms with E-state index < -0.39 is 0 Å². The summed E-state index contributed by atoms with van der Waals surface area (Å²) in [5.41, 5.74) is 7.51. The van der Waals surface area contributed by atoms with Crippen LogP contribution in [0.15, 0.2) is 12.3 Å². The van der Waals surface area contributed by atoms with Crippen molar-refractivity contribution in [3.05, 3.63) is 12.3 Å². The Kier molecular flexibility index (Phi) is 0.943. The molecule has 0 radical (unpaired) electrons. The van der Waals surface area contributed by atoms with Crippen LogP contribution in [0.3, 0.4) is 0 Å². The number of rotatable bonds is 0. The fraction of sp³-hybridized carbons (Fsp3) is 0.167. The smallest absolute Gasteiger partial charge is 0.125 e. The molecule has 0 saturated carbocycles. The Labute approximate surface area is 61.4 Å². The van der Waals surface area contributed by atoms with Gasteiger partial charge in [0.1, 0.15) is 5.82 Å². The van der Waals surface area contributed by atoms with Gasteiger partial charge >= 0.3 is 0 Å². The van der Waals surface area contributed by atoms with Crippen molar-refractivity contribution in [2.45, 2.75) is 0 Å². The van der Waals surface area contributed by atoms with E-state index in [4.69, 9.17) is 5.73 Å². The van der Waals surface area contributed by atoms with E-state index in [1.807, 2.05) is 6.07 Å². The maximum Gasteiger partial charge on any atom is 0.125 e. The lowest BCUT2D eigenvalue weighted by Gasteiger charge is -1.96. The van der Waals surface area contributed by atoms with Crippen LogP contribution in [0.4, 0.5) is 17.2 Å². The maximum absolute atomic E-state index is 5.45. The number of hydrogen-bond acceptors (Lipinski definition) is 4. The average Bonchev–Trinajstić information content (AvgIpc) is 2.33. The first-order valence-electron chi connectivity index (χ1n) is 3.09. The minimum Gasteiger partial charge on any atom is -0.384 e. The molecular weight excluding hydrogens is 128 g/mol. The number of hydrogen-bond donors (Lipinski definition) is 3. The van der Waals surface area contributed by atoms with Gasteiger partial charge in [-0.05, 0) is 0 Å². The third-order valence-electron chi connectivity index (χ3n) is 1.48. The van der Waals surface area contributed by atoms with Crippen molar-refractivity contribution in [2.75, 3.05) is 23.0 Å². The van der Waals surface area contributed by atoms with Crippen molar-refractivity contribution < 1.29 is 2.85 Å². The Morgan fingerprint density at radius 2 is 2.30 bits per heavy atom. The summed E-state index contributed by atoms with van der Waals surface area (Å²) in [7, 11) is 0. The number of nitrogen functional groups attached to an aromatic ring is 1. The number of nitrogens with one attached hydrogen (secondary N) is 2. The van der Waals surface area contributed by atoms with E-state index in [1.165, 1.54) is 0 Å². The van der Waals surface area contributed by atoms with Crippen molar-refractivity contribution >= 4 is 17.2 Å². The van der Waals surface area contributed by atoms with Crippen LogP contribution in [-0.2, 0) is 0 Å². The van der Waals surface area contributed by atoms with Crippen molar-refractivity contribution in [1.29, 1.82) is 0 Å². The lowest BCUT2D eigenvalue weighted by molar-refractivity contribution is 1.30. The van der Waals surface area contributed by atoms with Crippen LogP contribution in [0.25, 0.3) is 0 Å². The molecule has 0 atom stereocenters. The van der Waals surface area contributed by atoms with E-state index >= 15 is 0 Å². The average molecular weight is 140 g/mol. The summed E-state index contributed by atoms with van der Waals surface area (Å²) in [6, 6.07) is 1.81. The number of fused-ring (bicyclic) bond motifs is 1. The van der Waals surface area contributed by atoms with Gasteiger partial charge in [0.25, 0.3) is 0 Å². The third kappa shape index (κ3) is 0.655. The molecule has 56 valence electrons. The Morgan fingerprint density at radius 1 is 1.50 bits per heavy atom. The summed E-state index contributed by atoms with van der Waals surface area (Å²) < 4.78 is 0. The van der Waals surface area contributed by atoms with Crippen molar-refractivity contribution in [3.63, 3.8) is 0 Å². The summed E-state index contributed by atoms with van der Waals surface area (Å²) in [6.07, 6.45) is 1.73. The molecule has 10 heavy (non-hydrogen) atoms. The molecule has 4 heteroatoms. The third-order valence-corrected chi connectivity index (χ3v) is 1.48. The minimum atomic E-state index is 0. The summed E-state index contributed by atoms with van der Waals surface area (Å²) in [6.45, 7) is 0.764. The summed E-state index contributed by atoms with van der Waals surface area (Å²) in [5, 5.41) is 6.21. The molecular formula is C6H12N4. The molecule has 0 saturated heterocycles. The molecule has 1 aromatic rings. The summed E-state index contributed by atoms with van der Waals surface area (Å²) in [5.74, 6) is 0.551. The number of nitrogens with zero attached hydrogens (tertiary/aromatic N) is 1. The lowest BCUT2D eigenvalue weighted by Crippen LogP contribution is -1.98. The second-order valence-electron chi connectivity index (χ2n) is 2.19. The Hall–Kier alpha value is -1.45. The molecule has 0 spiro atoms. The topological polar surface area (TPSA) is 63.0 Å². The quantitative estimate of drug-likeness (QED) is 0.502. The molecule has 1 aliphatic rings. The van der Waals surface area contributed by atoms with Crippen LogP contribution in [0.5, 0.6) is 0 Å². The molecule has 1 aromatic heterocycles. The van der Waals surface area contributed by atoms with Gasteiger partial charge in [-0.15, -0.1) is 0 Å². The van der Waals surface area contributed by atoms with Crippen LogP contribution in [-0.4, -0.2) is 11.7 Å². The van der Waals surface area contributed by atoms with E-state index in [1.54, 1.807) is 6.20 Å². The highest BCUT2D eigenvalue weighted by molar-refractivity contribution is 5.74. The zero-order valence-corrected chi connectivity index (χ0v) is 5.39. The summed E-state index contributed by atoms with van der Waals surface area (Å²) >= 11 is 0. The fourth-order valence-electron chi connectivity index (χ4n) is 0.993. The highest BCUT2D eigenvalue weighted by Crippen LogP contribution is 2.25. The molecule has 2 rings (SSSR count). The van der Waals surface area contributed by atoms with Crippen LogP contribution in [0, 0.1) is 0 Å². The van der Waals surface area contributed by atoms with Gasteiger partial charge in [-0.2, -0.15) is 0 Å². The Morgan fingerprint density at radius 3 is 3.20 bits per heavy atom. The fourth-order valence-corrected chi connectivity index (χ4v) is 0.993. The number of aromatic nitrogens is 1. The minimum absolute atomic E-state index is 0. The zero-order chi connectivity index (χ0) is 6.97. The van der Waals surface area contributed by atoms with Gasteiger partial charge < -0.3 is 16.4 Å². The van der Waals surface area contributed by atoms with E-state index in [0.717, 1.165) is 18.0 Å². The van der Waals surface area contributed by atoms with Crippen LogP contribution in [0.1, 0.15) is 2.85 Å². The highest BCUT2D eigenvalue weighted by Gasteiger charge is 2.07. The second-order valence-corrected chi connectivity index (χ2v) is 2.19. The molecule has 2 heterocycles. The van der Waals surface area contributed by atoms with E-state index in [-0.39, 0.29) is 2.85 Å². The zero-order valence-electron chi connectivity index (χ0n) is 5.39. The Balaban J connectivity index is 0.000000605. The molecule has 0 unspecified atom stereocenters. The van der Waals surface area contributed by atoms with Crippen LogP contribution < -0.4 is 16.4 Å². The van der Waals surface area contributed by atoms with Gasteiger partial charge in [0.2, 0.25) is 0 Å². The molecule has 0 fully saturated rings. The van der Waals surface area contributed by atoms with Crippen LogP contribution >= 0.6 is 0 Å². The first-order chi connectivity index (χ1) is 4.86. The largest absolute Gasteiger partial charge is 0.384 e. The standard InChI is InChI=1S/C6H8N4.2H2/c7-6-1-4-5(2-8-6)10-3-9-4;;/h1-2,9-10H,3H2,(H2,7,8);2*1H. The number of anilines is 3. The van der Waals surface area contributed by atoms with E-state index in [0.29, 0.717) is 5.82 Å². The maximum atomic E-state index is 5.45. The van der Waals surface area contributed by atoms with Gasteiger partial charge in [0.05, 0.1) is 24.2 Å². The van der Waals surface area contributed by atoms with E-state index in [9.17, 15) is 0 Å². The predicted octanol–water partition coefficient (Wildman–Crippen LogP) is 0.951. The van der Waals surface area contributed by atoms with Gasteiger partial charge in [-0.3, -0.25) is 0 Å². The molecule has 4 nitrogen and oxygen atoms in total. The lowest BCUT2D eigenvalue weighted by atomic mass is 10.3. The van der Waals surface area contributed by atoms with Crippen molar-refractivity contribution in [2.24, 2.45) is 0 Å². The molecule has 1 aliphatic heterocycles. The summed E-state index contributed by atoms with van der Waals surface area (Å²) in [4.78, 5) is 3.93. The molecule has 0 amide bonds. The van der Waals surface area contributed by atoms with Gasteiger partial charge in [0.15, 0.2) is 0 Å². The van der Waals surface area contributed by atoms with E-state index in [2.05, 4.69) is 15.6 Å². The number of nitrogens with two attached hydrogens (primary N) is 1. The van der Waals surface area contributed by atoms with Gasteiger partial charge in [0, 0.05) is 8.92 Å². The molecule has 4 N–H and O–H groups in total. The van der Waals surface area contributed by atoms with Crippen molar-refractivity contribution in [3.8, 4) is 0 Å². The molecule has 0 aromatic carbocycles. The SMILES string of the molecule is Nc1cc2c(cn1)NCN2.[HH].[HH]. The van der Waals surface area contributed by atoms with Gasteiger partial charge in [-0.1, -0.05) is 0 Å². The highest BCUT2D eigenvalue weighted by atomic mass is 15.1.